The summed E-state index contributed by atoms with van der Waals surface area (Å²) in [4.78, 5) is 13.8. The van der Waals surface area contributed by atoms with Gasteiger partial charge in [-0.1, -0.05) is 26.0 Å². The van der Waals surface area contributed by atoms with Crippen LogP contribution in [0.4, 0.5) is 5.69 Å². The molecule has 0 spiro atoms. The number of nitrogens with zero attached hydrogens (tertiary/aromatic N) is 1. The summed E-state index contributed by atoms with van der Waals surface area (Å²) in [5.74, 6) is 0.255. The molecule has 0 aliphatic carbocycles. The molecule has 0 aliphatic rings. The molecule has 0 bridgehead atoms. The summed E-state index contributed by atoms with van der Waals surface area (Å²) >= 11 is 0. The van der Waals surface area contributed by atoms with Crippen LogP contribution >= 0.6 is 0 Å². The fraction of sp³-hybridized carbons (Fsp3) is 0.500. The van der Waals surface area contributed by atoms with Crippen molar-refractivity contribution < 1.29 is 14.6 Å². The van der Waals surface area contributed by atoms with Gasteiger partial charge in [0.15, 0.2) is 0 Å². The summed E-state index contributed by atoms with van der Waals surface area (Å²) < 4.78 is 5.23. The van der Waals surface area contributed by atoms with Crippen molar-refractivity contribution in [3.63, 3.8) is 0 Å². The van der Waals surface area contributed by atoms with E-state index in [4.69, 9.17) is 4.74 Å². The highest BCUT2D eigenvalue weighted by molar-refractivity contribution is 5.96. The molecular formula is C14H21NO3. The van der Waals surface area contributed by atoms with E-state index in [2.05, 4.69) is 0 Å². The van der Waals surface area contributed by atoms with E-state index < -0.39 is 0 Å². The quantitative estimate of drug-likeness (QED) is 0.870. The molecule has 0 heterocycles. The number of ether oxygens (including phenoxy) is 1. The Morgan fingerprint density at radius 1 is 1.39 bits per heavy atom. The molecule has 1 atom stereocenters. The van der Waals surface area contributed by atoms with E-state index in [-0.39, 0.29) is 24.3 Å². The van der Waals surface area contributed by atoms with E-state index >= 15 is 0 Å². The van der Waals surface area contributed by atoms with Gasteiger partial charge in [0.2, 0.25) is 5.91 Å². The number of rotatable bonds is 5. The van der Waals surface area contributed by atoms with Crippen LogP contribution in [0.15, 0.2) is 24.3 Å². The second-order valence-electron chi connectivity index (χ2n) is 4.60. The molecule has 0 aromatic heterocycles. The van der Waals surface area contributed by atoms with Crippen LogP contribution in [0, 0.1) is 11.8 Å². The maximum atomic E-state index is 12.3. The summed E-state index contributed by atoms with van der Waals surface area (Å²) in [7, 11) is 3.27. The lowest BCUT2D eigenvalue weighted by atomic mass is 9.95. The Kier molecular flexibility index (Phi) is 5.16. The Balaban J connectivity index is 2.99. The predicted molar refractivity (Wildman–Crippen MR) is 71.8 cm³/mol. The number of carbonyl (C=O) groups is 1. The second-order valence-corrected chi connectivity index (χ2v) is 4.60. The molecular weight excluding hydrogens is 230 g/mol. The van der Waals surface area contributed by atoms with Gasteiger partial charge in [-0.15, -0.1) is 0 Å². The number of para-hydroxylation sites is 2. The van der Waals surface area contributed by atoms with Gasteiger partial charge in [0.05, 0.1) is 25.3 Å². The van der Waals surface area contributed by atoms with Gasteiger partial charge in [-0.3, -0.25) is 4.79 Å². The maximum Gasteiger partial charge on any atom is 0.232 e. The summed E-state index contributed by atoms with van der Waals surface area (Å²) in [6, 6.07) is 7.34. The smallest absolute Gasteiger partial charge is 0.232 e. The lowest BCUT2D eigenvalue weighted by molar-refractivity contribution is -0.124. The van der Waals surface area contributed by atoms with E-state index in [1.54, 1.807) is 19.1 Å². The van der Waals surface area contributed by atoms with E-state index in [0.29, 0.717) is 11.4 Å². The van der Waals surface area contributed by atoms with Gasteiger partial charge in [0.1, 0.15) is 5.75 Å². The summed E-state index contributed by atoms with van der Waals surface area (Å²) in [5, 5.41) is 9.31. The largest absolute Gasteiger partial charge is 0.495 e. The standard InChI is InChI=1S/C14H21NO3/c1-10(2)11(9-16)14(17)15(3)12-7-5-6-8-13(12)18-4/h5-8,10-11,16H,9H2,1-4H3. The SMILES string of the molecule is COc1ccccc1N(C)C(=O)C(CO)C(C)C. The molecule has 1 unspecified atom stereocenters. The number of benzene rings is 1. The van der Waals surface area contributed by atoms with E-state index in [0.717, 1.165) is 0 Å². The minimum atomic E-state index is -0.389. The van der Waals surface area contributed by atoms with Crippen molar-refractivity contribution in [3.8, 4) is 5.75 Å². The number of hydrogen-bond acceptors (Lipinski definition) is 3. The normalized spacial score (nSPS) is 12.3. The van der Waals surface area contributed by atoms with Crippen LogP contribution in [0.2, 0.25) is 0 Å². The van der Waals surface area contributed by atoms with E-state index in [9.17, 15) is 9.90 Å². The van der Waals surface area contributed by atoms with E-state index in [1.165, 1.54) is 0 Å². The summed E-state index contributed by atoms with van der Waals surface area (Å²) in [6.07, 6.45) is 0. The Bertz CT molecular complexity index is 404. The highest BCUT2D eigenvalue weighted by Crippen LogP contribution is 2.28. The first-order chi connectivity index (χ1) is 8.52. The molecule has 1 N–H and O–H groups in total. The molecule has 0 saturated heterocycles. The molecule has 4 nitrogen and oxygen atoms in total. The Labute approximate surface area is 108 Å². The van der Waals surface area contributed by atoms with Crippen molar-refractivity contribution in [2.45, 2.75) is 13.8 Å². The molecule has 1 aromatic carbocycles. The molecule has 0 radical (unpaired) electrons. The fourth-order valence-electron chi connectivity index (χ4n) is 1.85. The number of amides is 1. The number of hydrogen-bond donors (Lipinski definition) is 1. The van der Waals surface area contributed by atoms with Gasteiger partial charge in [0, 0.05) is 7.05 Å². The number of aliphatic hydroxyl groups excluding tert-OH is 1. The lowest BCUT2D eigenvalue weighted by Crippen LogP contribution is -2.37. The minimum Gasteiger partial charge on any atom is -0.495 e. The molecule has 0 fully saturated rings. The zero-order valence-corrected chi connectivity index (χ0v) is 11.4. The molecule has 18 heavy (non-hydrogen) atoms. The Morgan fingerprint density at radius 3 is 2.50 bits per heavy atom. The molecule has 1 aromatic rings. The Morgan fingerprint density at radius 2 is 2.00 bits per heavy atom. The number of carbonyl (C=O) groups excluding carboxylic acids is 1. The Hall–Kier alpha value is -1.55. The van der Waals surface area contributed by atoms with Gasteiger partial charge in [-0.2, -0.15) is 0 Å². The van der Waals surface area contributed by atoms with Crippen molar-refractivity contribution in [1.29, 1.82) is 0 Å². The molecule has 0 aliphatic heterocycles. The van der Waals surface area contributed by atoms with Crippen LogP contribution in [-0.2, 0) is 4.79 Å². The van der Waals surface area contributed by atoms with Crippen molar-refractivity contribution in [3.05, 3.63) is 24.3 Å². The summed E-state index contributed by atoms with van der Waals surface area (Å²) in [5.41, 5.74) is 0.712. The number of anilines is 1. The van der Waals surface area contributed by atoms with Crippen LogP contribution in [0.5, 0.6) is 5.75 Å². The first-order valence-electron chi connectivity index (χ1n) is 6.04. The van der Waals surface area contributed by atoms with Gasteiger partial charge in [0.25, 0.3) is 0 Å². The zero-order chi connectivity index (χ0) is 13.7. The predicted octanol–water partition coefficient (Wildman–Crippen LogP) is 1.92. The second kappa shape index (κ2) is 6.40. The van der Waals surface area contributed by atoms with Gasteiger partial charge < -0.3 is 14.7 Å². The third kappa shape index (κ3) is 3.01. The van der Waals surface area contributed by atoms with Crippen LogP contribution in [0.25, 0.3) is 0 Å². The third-order valence-electron chi connectivity index (χ3n) is 3.10. The summed E-state index contributed by atoms with van der Waals surface area (Å²) in [6.45, 7) is 3.71. The van der Waals surface area contributed by atoms with Crippen LogP contribution < -0.4 is 9.64 Å². The molecule has 0 saturated carbocycles. The number of aliphatic hydroxyl groups is 1. The first-order valence-corrected chi connectivity index (χ1v) is 6.04. The van der Waals surface area contributed by atoms with Crippen molar-refractivity contribution in [1.82, 2.24) is 0 Å². The third-order valence-corrected chi connectivity index (χ3v) is 3.10. The lowest BCUT2D eigenvalue weighted by Gasteiger charge is -2.26. The van der Waals surface area contributed by atoms with Gasteiger partial charge >= 0.3 is 0 Å². The molecule has 1 rings (SSSR count). The van der Waals surface area contributed by atoms with Crippen LogP contribution in [0.1, 0.15) is 13.8 Å². The first kappa shape index (κ1) is 14.5. The highest BCUT2D eigenvalue weighted by Gasteiger charge is 2.26. The van der Waals surface area contributed by atoms with Gasteiger partial charge in [-0.25, -0.2) is 0 Å². The van der Waals surface area contributed by atoms with Crippen molar-refractivity contribution >= 4 is 11.6 Å². The maximum absolute atomic E-state index is 12.3. The van der Waals surface area contributed by atoms with Gasteiger partial charge in [-0.05, 0) is 18.1 Å². The van der Waals surface area contributed by atoms with Crippen LogP contribution in [-0.4, -0.2) is 31.8 Å². The molecule has 100 valence electrons. The van der Waals surface area contributed by atoms with E-state index in [1.807, 2.05) is 38.1 Å². The van der Waals surface area contributed by atoms with Crippen molar-refractivity contribution in [2.75, 3.05) is 25.7 Å². The molecule has 1 amide bonds. The minimum absolute atomic E-state index is 0.0969. The van der Waals surface area contributed by atoms with Crippen molar-refractivity contribution in [2.24, 2.45) is 11.8 Å². The molecule has 4 heteroatoms. The fourth-order valence-corrected chi connectivity index (χ4v) is 1.85. The topological polar surface area (TPSA) is 49.8 Å². The average Bonchev–Trinajstić information content (AvgIpc) is 2.38. The van der Waals surface area contributed by atoms with Crippen LogP contribution in [0.3, 0.4) is 0 Å². The zero-order valence-electron chi connectivity index (χ0n) is 11.4. The monoisotopic (exact) mass is 251 g/mol. The highest BCUT2D eigenvalue weighted by atomic mass is 16.5. The average molecular weight is 251 g/mol. The number of methoxy groups -OCH3 is 1.